The second kappa shape index (κ2) is 4.86. The molecule has 0 amide bonds. The fourth-order valence-electron chi connectivity index (χ4n) is 2.11. The van der Waals surface area contributed by atoms with Crippen LogP contribution in [0.3, 0.4) is 0 Å². The zero-order valence-electron chi connectivity index (χ0n) is 9.91. The topological polar surface area (TPSA) is 114 Å². The molecule has 90 valence electrons. The molecular weight excluding hydrogens is 232 g/mol. The Bertz CT molecular complexity index is 450. The van der Waals surface area contributed by atoms with Crippen molar-refractivity contribution in [2.24, 2.45) is 10.8 Å². The van der Waals surface area contributed by atoms with Gasteiger partial charge in [0.25, 0.3) is 0 Å². The molecule has 0 saturated carbocycles. The third kappa shape index (κ3) is 1.38. The van der Waals surface area contributed by atoms with E-state index in [0.29, 0.717) is 0 Å². The van der Waals surface area contributed by atoms with E-state index in [2.05, 4.69) is 0 Å². The summed E-state index contributed by atoms with van der Waals surface area (Å²) in [6, 6.07) is 7.05. The molecule has 2 unspecified atom stereocenters. The second-order valence-corrected chi connectivity index (χ2v) is 3.76. The quantitative estimate of drug-likeness (QED) is 0.657. The Morgan fingerprint density at radius 3 is 1.22 bits per heavy atom. The van der Waals surface area contributed by atoms with Crippen LogP contribution in [0.4, 0.5) is 0 Å². The second-order valence-electron chi connectivity index (χ2n) is 3.76. The Morgan fingerprint density at radius 2 is 1.06 bits per heavy atom. The van der Waals surface area contributed by atoms with Gasteiger partial charge in [0.2, 0.25) is 10.8 Å². The molecule has 0 saturated heterocycles. The first-order valence-electron chi connectivity index (χ1n) is 5.01. The minimum Gasteiger partial charge on any atom is -0.374 e. The number of nitriles is 4. The number of ether oxygens (including phenoxy) is 2. The van der Waals surface area contributed by atoms with Crippen LogP contribution in [0.15, 0.2) is 12.2 Å². The monoisotopic (exact) mass is 242 g/mol. The summed E-state index contributed by atoms with van der Waals surface area (Å²) in [7, 11) is 2.62. The standard InChI is InChI=1S/C12H10N4O2/c1-17-9-3-4-10(18-2)12(7-15,8-16)11(9,5-13)6-14/h3-4,9-10H,1-2H3. The van der Waals surface area contributed by atoms with Crippen molar-refractivity contribution in [3.63, 3.8) is 0 Å². The van der Waals surface area contributed by atoms with Crippen LogP contribution in [-0.4, -0.2) is 26.4 Å². The fraction of sp³-hybridized carbons (Fsp3) is 0.500. The molecule has 1 aliphatic rings. The molecule has 0 bridgehead atoms. The van der Waals surface area contributed by atoms with Crippen molar-refractivity contribution in [2.45, 2.75) is 12.2 Å². The minimum absolute atomic E-state index is 0.960. The van der Waals surface area contributed by atoms with Crippen LogP contribution in [0.1, 0.15) is 0 Å². The van der Waals surface area contributed by atoms with Gasteiger partial charge in [-0.3, -0.25) is 0 Å². The van der Waals surface area contributed by atoms with Gasteiger partial charge in [0, 0.05) is 14.2 Å². The lowest BCUT2D eigenvalue weighted by Gasteiger charge is -2.41. The Balaban J connectivity index is 3.65. The maximum atomic E-state index is 9.31. The van der Waals surface area contributed by atoms with Gasteiger partial charge in [-0.15, -0.1) is 0 Å². The van der Waals surface area contributed by atoms with Crippen molar-refractivity contribution in [3.8, 4) is 24.3 Å². The molecule has 6 heteroatoms. The molecule has 0 fully saturated rings. The highest BCUT2D eigenvalue weighted by atomic mass is 16.5. The van der Waals surface area contributed by atoms with Crippen LogP contribution >= 0.6 is 0 Å². The normalized spacial score (nSPS) is 27.2. The van der Waals surface area contributed by atoms with Gasteiger partial charge in [-0.25, -0.2) is 0 Å². The average molecular weight is 242 g/mol. The molecule has 0 N–H and O–H groups in total. The van der Waals surface area contributed by atoms with E-state index in [1.807, 2.05) is 0 Å². The van der Waals surface area contributed by atoms with Crippen LogP contribution < -0.4 is 0 Å². The summed E-state index contributed by atoms with van der Waals surface area (Å²) < 4.78 is 10.1. The summed E-state index contributed by atoms with van der Waals surface area (Å²) in [5, 5.41) is 37.2. The first kappa shape index (κ1) is 13.7. The smallest absolute Gasteiger partial charge is 0.207 e. The van der Waals surface area contributed by atoms with Crippen molar-refractivity contribution in [1.29, 1.82) is 21.0 Å². The zero-order valence-corrected chi connectivity index (χ0v) is 9.91. The minimum atomic E-state index is -1.93. The van der Waals surface area contributed by atoms with Crippen molar-refractivity contribution >= 4 is 0 Å². The van der Waals surface area contributed by atoms with Crippen LogP contribution in [0.25, 0.3) is 0 Å². The molecule has 0 heterocycles. The largest absolute Gasteiger partial charge is 0.374 e. The first-order chi connectivity index (χ1) is 8.62. The fourth-order valence-corrected chi connectivity index (χ4v) is 2.11. The number of methoxy groups -OCH3 is 2. The highest BCUT2D eigenvalue weighted by molar-refractivity contribution is 5.44. The maximum Gasteiger partial charge on any atom is 0.207 e. The van der Waals surface area contributed by atoms with E-state index in [1.54, 1.807) is 24.3 Å². The van der Waals surface area contributed by atoms with Gasteiger partial charge >= 0.3 is 0 Å². The number of hydrogen-bond donors (Lipinski definition) is 0. The molecule has 18 heavy (non-hydrogen) atoms. The van der Waals surface area contributed by atoms with E-state index in [1.165, 1.54) is 26.4 Å². The number of rotatable bonds is 2. The Morgan fingerprint density at radius 1 is 0.778 bits per heavy atom. The van der Waals surface area contributed by atoms with Gasteiger partial charge in [0.05, 0.1) is 24.3 Å². The zero-order chi connectivity index (χ0) is 13.8. The van der Waals surface area contributed by atoms with E-state index >= 15 is 0 Å². The van der Waals surface area contributed by atoms with Gasteiger partial charge in [0.1, 0.15) is 12.2 Å². The van der Waals surface area contributed by atoms with Crippen LogP contribution in [-0.2, 0) is 9.47 Å². The summed E-state index contributed by atoms with van der Waals surface area (Å²) in [6.07, 6.45) is 1.01. The van der Waals surface area contributed by atoms with E-state index in [-0.39, 0.29) is 0 Å². The molecule has 0 spiro atoms. The Hall–Kier alpha value is -2.38. The van der Waals surface area contributed by atoms with Crippen molar-refractivity contribution in [3.05, 3.63) is 12.2 Å². The molecule has 0 aliphatic heterocycles. The molecule has 1 rings (SSSR count). The highest BCUT2D eigenvalue weighted by Crippen LogP contribution is 2.49. The molecule has 0 aromatic carbocycles. The van der Waals surface area contributed by atoms with Crippen LogP contribution in [0.5, 0.6) is 0 Å². The molecule has 0 aromatic heterocycles. The lowest BCUT2D eigenvalue weighted by atomic mass is 9.58. The predicted octanol–water partition coefficient (Wildman–Crippen LogP) is 0.653. The third-order valence-corrected chi connectivity index (χ3v) is 3.15. The van der Waals surface area contributed by atoms with Gasteiger partial charge in [0.15, 0.2) is 0 Å². The molecule has 0 aromatic rings. The van der Waals surface area contributed by atoms with Crippen molar-refractivity contribution in [2.75, 3.05) is 14.2 Å². The van der Waals surface area contributed by atoms with E-state index in [9.17, 15) is 21.0 Å². The number of hydrogen-bond acceptors (Lipinski definition) is 6. The van der Waals surface area contributed by atoms with Crippen LogP contribution in [0, 0.1) is 56.2 Å². The van der Waals surface area contributed by atoms with Gasteiger partial charge in [-0.1, -0.05) is 12.2 Å². The average Bonchev–Trinajstić information content (AvgIpc) is 2.44. The summed E-state index contributed by atoms with van der Waals surface area (Å²) in [5.74, 6) is 0. The Labute approximate surface area is 105 Å². The molecule has 6 nitrogen and oxygen atoms in total. The lowest BCUT2D eigenvalue weighted by molar-refractivity contribution is -0.0276. The van der Waals surface area contributed by atoms with E-state index < -0.39 is 23.0 Å². The summed E-state index contributed by atoms with van der Waals surface area (Å²) >= 11 is 0. The van der Waals surface area contributed by atoms with E-state index in [0.717, 1.165) is 0 Å². The first-order valence-corrected chi connectivity index (χ1v) is 5.01. The van der Waals surface area contributed by atoms with Crippen LogP contribution in [0.2, 0.25) is 0 Å². The van der Waals surface area contributed by atoms with Crippen molar-refractivity contribution in [1.82, 2.24) is 0 Å². The molecular formula is C12H10N4O2. The predicted molar refractivity (Wildman–Crippen MR) is 58.1 cm³/mol. The SMILES string of the molecule is COC1C=CC(OC)C(C#N)(C#N)C1(C#N)C#N. The third-order valence-electron chi connectivity index (χ3n) is 3.15. The van der Waals surface area contributed by atoms with Gasteiger partial charge in [-0.2, -0.15) is 21.0 Å². The molecule has 0 radical (unpaired) electrons. The maximum absolute atomic E-state index is 9.31. The van der Waals surface area contributed by atoms with Gasteiger partial charge < -0.3 is 9.47 Å². The Kier molecular flexibility index (Phi) is 3.70. The lowest BCUT2D eigenvalue weighted by Crippen LogP contribution is -2.55. The summed E-state index contributed by atoms with van der Waals surface area (Å²) in [6.45, 7) is 0. The van der Waals surface area contributed by atoms with Crippen molar-refractivity contribution < 1.29 is 9.47 Å². The number of nitrogens with zero attached hydrogens (tertiary/aromatic N) is 4. The summed E-state index contributed by atoms with van der Waals surface area (Å²) in [4.78, 5) is 0. The molecule has 1 aliphatic carbocycles. The molecule has 2 atom stereocenters. The van der Waals surface area contributed by atoms with Gasteiger partial charge in [-0.05, 0) is 0 Å². The summed E-state index contributed by atoms with van der Waals surface area (Å²) in [5.41, 5.74) is -3.86. The highest BCUT2D eigenvalue weighted by Gasteiger charge is 2.65. The van der Waals surface area contributed by atoms with E-state index in [4.69, 9.17) is 9.47 Å².